The van der Waals surface area contributed by atoms with Crippen LogP contribution in [-0.4, -0.2) is 42.7 Å². The van der Waals surface area contributed by atoms with E-state index in [1.165, 1.54) is 23.8 Å². The third-order valence-corrected chi connectivity index (χ3v) is 5.50. The molecule has 0 bridgehead atoms. The van der Waals surface area contributed by atoms with Crippen LogP contribution >= 0.6 is 11.8 Å². The normalized spacial score (nSPS) is 16.4. The summed E-state index contributed by atoms with van der Waals surface area (Å²) in [5, 5.41) is 0.549. The zero-order valence-electron chi connectivity index (χ0n) is 17.3. The van der Waals surface area contributed by atoms with Crippen molar-refractivity contribution in [2.24, 2.45) is 4.99 Å². The Morgan fingerprint density at radius 3 is 2.67 bits per heavy atom. The lowest BCUT2D eigenvalue weighted by Gasteiger charge is -2.07. The molecule has 3 rings (SSSR count). The van der Waals surface area contributed by atoms with Crippen LogP contribution in [0.5, 0.6) is 5.75 Å². The van der Waals surface area contributed by atoms with E-state index in [4.69, 9.17) is 9.47 Å². The van der Waals surface area contributed by atoms with Crippen LogP contribution in [0.4, 0.5) is 5.69 Å². The summed E-state index contributed by atoms with van der Waals surface area (Å²) in [7, 11) is 3.02. The van der Waals surface area contributed by atoms with Crippen LogP contribution < -0.4 is 4.74 Å². The van der Waals surface area contributed by atoms with Gasteiger partial charge in [-0.3, -0.25) is 9.69 Å². The van der Waals surface area contributed by atoms with Crippen molar-refractivity contribution in [2.75, 3.05) is 20.8 Å². The number of amidine groups is 1. The molecule has 0 N–H and O–H groups in total. The van der Waals surface area contributed by atoms with Gasteiger partial charge in [-0.25, -0.2) is 9.79 Å². The first-order chi connectivity index (χ1) is 14.5. The zero-order chi connectivity index (χ0) is 21.5. The van der Waals surface area contributed by atoms with Gasteiger partial charge in [-0.2, -0.15) is 0 Å². The summed E-state index contributed by atoms with van der Waals surface area (Å²) >= 11 is 1.30. The molecule has 0 saturated carbocycles. The Balaban J connectivity index is 1.75. The van der Waals surface area contributed by atoms with E-state index in [2.05, 4.69) is 11.9 Å². The molecule has 7 heteroatoms. The highest BCUT2D eigenvalue weighted by Gasteiger charge is 2.30. The van der Waals surface area contributed by atoms with Crippen molar-refractivity contribution in [1.29, 1.82) is 0 Å². The smallest absolute Gasteiger partial charge is 0.337 e. The average Bonchev–Trinajstić information content (AvgIpc) is 3.02. The van der Waals surface area contributed by atoms with E-state index >= 15 is 0 Å². The van der Waals surface area contributed by atoms with Crippen LogP contribution in [0, 0.1) is 0 Å². The summed E-state index contributed by atoms with van der Waals surface area (Å²) in [6.45, 7) is 2.83. The molecule has 0 atom stereocenters. The van der Waals surface area contributed by atoms with E-state index in [0.717, 1.165) is 24.2 Å². The Bertz CT molecular complexity index is 983. The van der Waals surface area contributed by atoms with Gasteiger partial charge in [0.05, 0.1) is 29.9 Å². The van der Waals surface area contributed by atoms with Crippen LogP contribution in [0.3, 0.4) is 0 Å². The third-order valence-electron chi connectivity index (χ3n) is 4.44. The molecule has 156 valence electrons. The summed E-state index contributed by atoms with van der Waals surface area (Å²) in [6, 6.07) is 14.5. The summed E-state index contributed by atoms with van der Waals surface area (Å²) in [6.07, 6.45) is 3.95. The lowest BCUT2D eigenvalue weighted by Crippen LogP contribution is -2.23. The number of benzene rings is 2. The molecule has 2 aromatic rings. The second kappa shape index (κ2) is 10.1. The van der Waals surface area contributed by atoms with E-state index in [1.807, 2.05) is 30.3 Å². The van der Waals surface area contributed by atoms with Crippen LogP contribution in [0.2, 0.25) is 0 Å². The van der Waals surface area contributed by atoms with Gasteiger partial charge in [-0.05, 0) is 60.2 Å². The van der Waals surface area contributed by atoms with E-state index in [9.17, 15) is 9.59 Å². The number of rotatable bonds is 7. The van der Waals surface area contributed by atoms with Crippen molar-refractivity contribution in [3.63, 3.8) is 0 Å². The summed E-state index contributed by atoms with van der Waals surface area (Å²) in [5.41, 5.74) is 1.90. The summed E-state index contributed by atoms with van der Waals surface area (Å²) in [4.78, 5) is 31.0. The predicted octanol–water partition coefficient (Wildman–Crippen LogP) is 4.89. The van der Waals surface area contributed by atoms with Gasteiger partial charge in [0.1, 0.15) is 5.75 Å². The molecule has 30 heavy (non-hydrogen) atoms. The third kappa shape index (κ3) is 5.30. The van der Waals surface area contributed by atoms with Gasteiger partial charge < -0.3 is 9.47 Å². The van der Waals surface area contributed by atoms with Crippen molar-refractivity contribution in [1.82, 2.24) is 4.90 Å². The summed E-state index contributed by atoms with van der Waals surface area (Å²) < 4.78 is 10.4. The van der Waals surface area contributed by atoms with Crippen molar-refractivity contribution in [3.8, 4) is 5.75 Å². The van der Waals surface area contributed by atoms with Crippen molar-refractivity contribution in [3.05, 3.63) is 64.6 Å². The number of hydrogen-bond acceptors (Lipinski definition) is 6. The number of ether oxygens (including phenoxy) is 2. The molecule has 2 aromatic carbocycles. The Labute approximate surface area is 180 Å². The number of likely N-dealkylation sites (N-methyl/N-ethyl adjacent to an activating group) is 1. The highest BCUT2D eigenvalue weighted by atomic mass is 32.2. The predicted molar refractivity (Wildman–Crippen MR) is 120 cm³/mol. The standard InChI is InChI=1S/C23H24N2O4S/c1-4-5-13-29-19-11-9-16(10-12-19)14-20-21(26)25(2)23(30-20)24-18-8-6-7-17(15-18)22(27)28-3/h6-12,14-15H,4-5,13H2,1-3H3. The van der Waals surface area contributed by atoms with Crippen molar-refractivity contribution >= 4 is 40.6 Å². The van der Waals surface area contributed by atoms with Gasteiger partial charge in [0.15, 0.2) is 5.17 Å². The number of carbonyl (C=O) groups excluding carboxylic acids is 2. The number of thioether (sulfide) groups is 1. The van der Waals surface area contributed by atoms with E-state index in [-0.39, 0.29) is 5.91 Å². The quantitative estimate of drug-likeness (QED) is 0.360. The number of carbonyl (C=O) groups is 2. The van der Waals surface area contributed by atoms with Crippen LogP contribution in [0.25, 0.3) is 6.08 Å². The largest absolute Gasteiger partial charge is 0.494 e. The van der Waals surface area contributed by atoms with Gasteiger partial charge in [0, 0.05) is 7.05 Å². The molecular formula is C23H24N2O4S. The molecule has 1 heterocycles. The highest BCUT2D eigenvalue weighted by Crippen LogP contribution is 2.33. The van der Waals surface area contributed by atoms with Gasteiger partial charge in [0.25, 0.3) is 5.91 Å². The molecule has 1 saturated heterocycles. The monoisotopic (exact) mass is 424 g/mol. The second-order valence-corrected chi connectivity index (χ2v) is 7.69. The fourth-order valence-corrected chi connectivity index (χ4v) is 3.72. The number of nitrogens with zero attached hydrogens (tertiary/aromatic N) is 2. The van der Waals surface area contributed by atoms with Crippen LogP contribution in [-0.2, 0) is 9.53 Å². The average molecular weight is 425 g/mol. The minimum atomic E-state index is -0.428. The molecule has 0 radical (unpaired) electrons. The Kier molecular flexibility index (Phi) is 7.30. The topological polar surface area (TPSA) is 68.2 Å². The summed E-state index contributed by atoms with van der Waals surface area (Å²) in [5.74, 6) is 0.273. The lowest BCUT2D eigenvalue weighted by molar-refractivity contribution is -0.121. The van der Waals surface area contributed by atoms with Crippen LogP contribution in [0.1, 0.15) is 35.7 Å². The molecule has 0 aliphatic carbocycles. The minimum Gasteiger partial charge on any atom is -0.494 e. The molecule has 6 nitrogen and oxygen atoms in total. The molecular weight excluding hydrogens is 400 g/mol. The van der Waals surface area contributed by atoms with Crippen molar-refractivity contribution in [2.45, 2.75) is 19.8 Å². The number of esters is 1. The zero-order valence-corrected chi connectivity index (χ0v) is 18.1. The minimum absolute atomic E-state index is 0.119. The number of unbranched alkanes of at least 4 members (excludes halogenated alkanes) is 1. The van der Waals surface area contributed by atoms with Gasteiger partial charge in [-0.15, -0.1) is 0 Å². The number of aliphatic imine (C=N–C) groups is 1. The fourth-order valence-electron chi connectivity index (χ4n) is 2.73. The fraction of sp³-hybridized carbons (Fsp3) is 0.261. The Morgan fingerprint density at radius 2 is 1.97 bits per heavy atom. The molecule has 0 spiro atoms. The second-order valence-electron chi connectivity index (χ2n) is 6.68. The molecule has 1 aliphatic rings. The van der Waals surface area contributed by atoms with Crippen LogP contribution in [0.15, 0.2) is 58.4 Å². The molecule has 1 aliphatic heterocycles. The maximum absolute atomic E-state index is 12.6. The molecule has 0 unspecified atom stereocenters. The molecule has 1 fully saturated rings. The van der Waals surface area contributed by atoms with E-state index in [0.29, 0.717) is 27.9 Å². The first-order valence-corrected chi connectivity index (χ1v) is 10.5. The van der Waals surface area contributed by atoms with E-state index in [1.54, 1.807) is 31.3 Å². The number of methoxy groups -OCH3 is 1. The highest BCUT2D eigenvalue weighted by molar-refractivity contribution is 8.18. The number of hydrogen-bond donors (Lipinski definition) is 0. The maximum atomic E-state index is 12.6. The molecule has 1 amide bonds. The SMILES string of the molecule is CCCCOc1ccc(C=C2SC(=Nc3cccc(C(=O)OC)c3)N(C)C2=O)cc1. The Morgan fingerprint density at radius 1 is 1.20 bits per heavy atom. The first kappa shape index (κ1) is 21.6. The van der Waals surface area contributed by atoms with E-state index < -0.39 is 5.97 Å². The Hall–Kier alpha value is -3.06. The molecule has 0 aromatic heterocycles. The van der Waals surface area contributed by atoms with Gasteiger partial charge >= 0.3 is 5.97 Å². The van der Waals surface area contributed by atoms with Gasteiger partial charge in [-0.1, -0.05) is 31.5 Å². The van der Waals surface area contributed by atoms with Gasteiger partial charge in [0.2, 0.25) is 0 Å². The first-order valence-electron chi connectivity index (χ1n) is 9.69. The van der Waals surface area contributed by atoms with Crippen molar-refractivity contribution < 1.29 is 19.1 Å². The number of amides is 1. The lowest BCUT2D eigenvalue weighted by atomic mass is 10.2. The maximum Gasteiger partial charge on any atom is 0.337 e.